The maximum Gasteiger partial charge on any atom is 0.152 e. The van der Waals surface area contributed by atoms with E-state index in [0.717, 1.165) is 0 Å². The van der Waals surface area contributed by atoms with Crippen LogP contribution in [0.4, 0.5) is 4.39 Å². The van der Waals surface area contributed by atoms with Crippen LogP contribution in [-0.4, -0.2) is 0 Å². The van der Waals surface area contributed by atoms with Gasteiger partial charge in [0, 0.05) is 5.92 Å². The number of halogens is 1. The molecule has 1 aromatic carbocycles. The zero-order chi connectivity index (χ0) is 8.97. The fourth-order valence-electron chi connectivity index (χ4n) is 0.839. The van der Waals surface area contributed by atoms with E-state index in [-0.39, 0.29) is 11.4 Å². The quantitative estimate of drug-likeness (QED) is 0.531. The Labute approximate surface area is 70.4 Å². The summed E-state index contributed by atoms with van der Waals surface area (Å²) >= 11 is 0. The Hall–Kier alpha value is -1.80. The second kappa shape index (κ2) is 3.55. The highest BCUT2D eigenvalue weighted by Crippen LogP contribution is 2.09. The average molecular weight is 159 g/mol. The highest BCUT2D eigenvalue weighted by atomic mass is 19.1. The molecule has 0 N–H and O–H groups in total. The van der Waals surface area contributed by atoms with Gasteiger partial charge in [0.25, 0.3) is 0 Å². The molecule has 1 rings (SSSR count). The summed E-state index contributed by atoms with van der Waals surface area (Å²) in [5.74, 6) is 4.22. The number of hydrogen-bond acceptors (Lipinski definition) is 1. The van der Waals surface area contributed by atoms with Crippen molar-refractivity contribution in [2.24, 2.45) is 0 Å². The Balaban J connectivity index is 3.19. The van der Waals surface area contributed by atoms with Crippen LogP contribution in [-0.2, 0) is 0 Å². The summed E-state index contributed by atoms with van der Waals surface area (Å²) in [5, 5.41) is 8.14. The molecular formula is C10H6FN. The SMILES string of the molecule is Cc1cccc(C#CC#N)c1F. The number of hydrogen-bond donors (Lipinski definition) is 0. The third-order valence-corrected chi connectivity index (χ3v) is 1.44. The van der Waals surface area contributed by atoms with Crippen molar-refractivity contribution in [3.8, 4) is 17.9 Å². The van der Waals surface area contributed by atoms with Crippen LogP contribution >= 0.6 is 0 Å². The van der Waals surface area contributed by atoms with Gasteiger partial charge in [0.1, 0.15) is 5.82 Å². The Kier molecular flexibility index (Phi) is 2.46. The van der Waals surface area contributed by atoms with Gasteiger partial charge in [-0.05, 0) is 24.5 Å². The fourth-order valence-corrected chi connectivity index (χ4v) is 0.839. The van der Waals surface area contributed by atoms with Gasteiger partial charge in [0.15, 0.2) is 6.07 Å². The van der Waals surface area contributed by atoms with E-state index in [9.17, 15) is 4.39 Å². The Morgan fingerprint density at radius 3 is 2.83 bits per heavy atom. The number of rotatable bonds is 0. The standard InChI is InChI=1S/C10H6FN/c1-8-4-2-5-9(10(8)11)6-3-7-12/h2,4-5H,1H3. The van der Waals surface area contributed by atoms with Gasteiger partial charge in [0.05, 0.1) is 5.56 Å². The first-order valence-corrected chi connectivity index (χ1v) is 3.41. The van der Waals surface area contributed by atoms with Gasteiger partial charge in [-0.25, -0.2) is 4.39 Å². The van der Waals surface area contributed by atoms with Crippen LogP contribution in [0.3, 0.4) is 0 Å². The molecule has 0 aliphatic rings. The summed E-state index contributed by atoms with van der Waals surface area (Å²) in [5.41, 5.74) is 0.816. The van der Waals surface area contributed by atoms with Gasteiger partial charge in [-0.3, -0.25) is 0 Å². The van der Waals surface area contributed by atoms with E-state index in [0.29, 0.717) is 5.56 Å². The normalized spacial score (nSPS) is 8.08. The van der Waals surface area contributed by atoms with Crippen LogP contribution in [0.25, 0.3) is 0 Å². The molecule has 0 saturated carbocycles. The molecule has 0 radical (unpaired) electrons. The van der Waals surface area contributed by atoms with Crippen molar-refractivity contribution in [2.75, 3.05) is 0 Å². The second-order valence-electron chi connectivity index (χ2n) is 2.30. The van der Waals surface area contributed by atoms with Crippen molar-refractivity contribution >= 4 is 0 Å². The lowest BCUT2D eigenvalue weighted by Crippen LogP contribution is -1.86. The Morgan fingerprint density at radius 1 is 1.42 bits per heavy atom. The fraction of sp³-hybridized carbons (Fsp3) is 0.100. The van der Waals surface area contributed by atoms with E-state index in [1.165, 1.54) is 0 Å². The maximum atomic E-state index is 13.1. The van der Waals surface area contributed by atoms with Crippen molar-refractivity contribution in [3.63, 3.8) is 0 Å². The van der Waals surface area contributed by atoms with Gasteiger partial charge in [0.2, 0.25) is 0 Å². The van der Waals surface area contributed by atoms with E-state index in [1.807, 2.05) is 0 Å². The molecule has 58 valence electrons. The summed E-state index contributed by atoms with van der Waals surface area (Å²) in [6, 6.07) is 6.55. The molecule has 0 amide bonds. The van der Waals surface area contributed by atoms with Gasteiger partial charge in [-0.1, -0.05) is 12.1 Å². The lowest BCUT2D eigenvalue weighted by Gasteiger charge is -1.96. The summed E-state index contributed by atoms with van der Waals surface area (Å²) in [7, 11) is 0. The molecule has 0 unspecified atom stereocenters. The van der Waals surface area contributed by atoms with Crippen molar-refractivity contribution < 1.29 is 4.39 Å². The minimum Gasteiger partial charge on any atom is -0.205 e. The highest BCUT2D eigenvalue weighted by molar-refractivity contribution is 5.40. The molecule has 0 spiro atoms. The molecule has 0 aromatic heterocycles. The van der Waals surface area contributed by atoms with Gasteiger partial charge >= 0.3 is 0 Å². The van der Waals surface area contributed by atoms with E-state index < -0.39 is 0 Å². The molecule has 0 bridgehead atoms. The average Bonchev–Trinajstić information content (AvgIpc) is 2.08. The predicted octanol–water partition coefficient (Wildman–Crippen LogP) is 2.01. The summed E-state index contributed by atoms with van der Waals surface area (Å²) in [6.45, 7) is 1.66. The molecule has 12 heavy (non-hydrogen) atoms. The van der Waals surface area contributed by atoms with Crippen molar-refractivity contribution in [1.82, 2.24) is 0 Å². The van der Waals surface area contributed by atoms with Gasteiger partial charge in [-0.2, -0.15) is 5.26 Å². The first-order valence-electron chi connectivity index (χ1n) is 3.41. The second-order valence-corrected chi connectivity index (χ2v) is 2.30. The number of benzene rings is 1. The molecule has 0 aliphatic heterocycles. The largest absolute Gasteiger partial charge is 0.205 e. The molecule has 0 fully saturated rings. The molecular weight excluding hydrogens is 153 g/mol. The topological polar surface area (TPSA) is 23.8 Å². The smallest absolute Gasteiger partial charge is 0.152 e. The maximum absolute atomic E-state index is 13.1. The monoisotopic (exact) mass is 159 g/mol. The van der Waals surface area contributed by atoms with E-state index in [4.69, 9.17) is 5.26 Å². The van der Waals surface area contributed by atoms with Gasteiger partial charge in [-0.15, -0.1) is 0 Å². The molecule has 2 heteroatoms. The third-order valence-electron chi connectivity index (χ3n) is 1.44. The van der Waals surface area contributed by atoms with Crippen molar-refractivity contribution in [3.05, 3.63) is 35.1 Å². The first-order chi connectivity index (χ1) is 5.75. The lowest BCUT2D eigenvalue weighted by atomic mass is 10.1. The number of aryl methyl sites for hydroxylation is 1. The molecule has 1 nitrogen and oxygen atoms in total. The third kappa shape index (κ3) is 1.62. The van der Waals surface area contributed by atoms with Gasteiger partial charge < -0.3 is 0 Å². The number of nitrogens with zero attached hydrogens (tertiary/aromatic N) is 1. The van der Waals surface area contributed by atoms with Crippen LogP contribution < -0.4 is 0 Å². The van der Waals surface area contributed by atoms with Crippen LogP contribution in [0.2, 0.25) is 0 Å². The van der Waals surface area contributed by atoms with Crippen LogP contribution in [0.15, 0.2) is 18.2 Å². The van der Waals surface area contributed by atoms with E-state index in [2.05, 4.69) is 11.8 Å². The lowest BCUT2D eigenvalue weighted by molar-refractivity contribution is 0.615. The zero-order valence-corrected chi connectivity index (χ0v) is 6.56. The van der Waals surface area contributed by atoms with Crippen molar-refractivity contribution in [2.45, 2.75) is 6.92 Å². The first kappa shape index (κ1) is 8.30. The molecule has 0 atom stereocenters. The minimum atomic E-state index is -0.347. The van der Waals surface area contributed by atoms with Crippen LogP contribution in [0.1, 0.15) is 11.1 Å². The minimum absolute atomic E-state index is 0.275. The molecule has 1 aromatic rings. The van der Waals surface area contributed by atoms with Crippen LogP contribution in [0, 0.1) is 35.9 Å². The Morgan fingerprint density at radius 2 is 2.17 bits per heavy atom. The Bertz CT molecular complexity index is 391. The summed E-state index contributed by atoms with van der Waals surface area (Å²) in [4.78, 5) is 0. The molecule has 0 aliphatic carbocycles. The molecule has 0 heterocycles. The highest BCUT2D eigenvalue weighted by Gasteiger charge is 2.00. The molecule has 0 saturated heterocycles. The van der Waals surface area contributed by atoms with E-state index >= 15 is 0 Å². The number of nitriles is 1. The van der Waals surface area contributed by atoms with E-state index in [1.54, 1.807) is 31.2 Å². The zero-order valence-electron chi connectivity index (χ0n) is 6.56. The van der Waals surface area contributed by atoms with Crippen LogP contribution in [0.5, 0.6) is 0 Å². The predicted molar refractivity (Wildman–Crippen MR) is 43.6 cm³/mol. The van der Waals surface area contributed by atoms with Crippen molar-refractivity contribution in [1.29, 1.82) is 5.26 Å². The summed E-state index contributed by atoms with van der Waals surface area (Å²) in [6.07, 6.45) is 0. The summed E-state index contributed by atoms with van der Waals surface area (Å²) < 4.78 is 13.1.